The van der Waals surface area contributed by atoms with Crippen LogP contribution in [-0.2, 0) is 0 Å². The molecule has 1 aromatic heterocycles. The van der Waals surface area contributed by atoms with Crippen LogP contribution in [0.5, 0.6) is 0 Å². The number of nitrogens with one attached hydrogen (secondary N) is 1. The third kappa shape index (κ3) is 3.09. The summed E-state index contributed by atoms with van der Waals surface area (Å²) < 4.78 is 0. The first-order valence-electron chi connectivity index (χ1n) is 5.66. The topological polar surface area (TPSA) is 87.7 Å². The minimum Gasteiger partial charge on any atom is -0.409 e. The number of aryl methyl sites for hydroxylation is 1. The number of thiophene rings is 1. The van der Waals surface area contributed by atoms with Gasteiger partial charge in [-0.1, -0.05) is 16.8 Å². The fourth-order valence-electron chi connectivity index (χ4n) is 1.57. The number of nitrogens with two attached hydrogens (primary N) is 1. The minimum absolute atomic E-state index is 0.0429. The van der Waals surface area contributed by atoms with Crippen molar-refractivity contribution in [3.8, 4) is 0 Å². The maximum atomic E-state index is 12.0. The van der Waals surface area contributed by atoms with E-state index in [9.17, 15) is 4.79 Å². The number of amidine groups is 1. The van der Waals surface area contributed by atoms with E-state index in [0.29, 0.717) is 21.2 Å². The summed E-state index contributed by atoms with van der Waals surface area (Å²) in [6.45, 7) is 1.93. The molecule has 1 aromatic carbocycles. The average Bonchev–Trinajstić information content (AvgIpc) is 2.86. The molecule has 5 nitrogen and oxygen atoms in total. The van der Waals surface area contributed by atoms with Crippen molar-refractivity contribution in [2.24, 2.45) is 10.9 Å². The number of hydrogen-bond acceptors (Lipinski definition) is 4. The maximum Gasteiger partial charge on any atom is 0.265 e. The molecule has 1 heterocycles. The van der Waals surface area contributed by atoms with E-state index in [1.54, 1.807) is 18.2 Å². The highest BCUT2D eigenvalue weighted by molar-refractivity contribution is 7.14. The third-order valence-electron chi connectivity index (χ3n) is 2.58. The van der Waals surface area contributed by atoms with E-state index < -0.39 is 0 Å². The SMILES string of the molecule is Cc1ccc(C(=O)Nc2ccc(/C(N)=N/O)cc2Cl)s1. The van der Waals surface area contributed by atoms with Gasteiger partial charge in [0.15, 0.2) is 5.84 Å². The first kappa shape index (κ1) is 14.4. The van der Waals surface area contributed by atoms with Crippen LogP contribution in [0.25, 0.3) is 0 Å². The molecule has 0 bridgehead atoms. The van der Waals surface area contributed by atoms with E-state index in [1.807, 2.05) is 13.0 Å². The molecule has 0 aliphatic carbocycles. The molecule has 0 saturated heterocycles. The molecule has 20 heavy (non-hydrogen) atoms. The van der Waals surface area contributed by atoms with Crippen LogP contribution in [-0.4, -0.2) is 17.0 Å². The molecule has 4 N–H and O–H groups in total. The lowest BCUT2D eigenvalue weighted by atomic mass is 10.2. The molecule has 0 atom stereocenters. The van der Waals surface area contributed by atoms with Gasteiger partial charge < -0.3 is 16.3 Å². The molecular weight excluding hydrogens is 298 g/mol. The van der Waals surface area contributed by atoms with E-state index >= 15 is 0 Å². The molecular formula is C13H12ClN3O2S. The van der Waals surface area contributed by atoms with E-state index in [-0.39, 0.29) is 11.7 Å². The predicted octanol–water partition coefficient (Wildman–Crippen LogP) is 3.06. The zero-order chi connectivity index (χ0) is 14.7. The zero-order valence-corrected chi connectivity index (χ0v) is 12.1. The van der Waals surface area contributed by atoms with E-state index in [1.165, 1.54) is 17.4 Å². The van der Waals surface area contributed by atoms with Gasteiger partial charge in [-0.3, -0.25) is 4.79 Å². The highest BCUT2D eigenvalue weighted by Crippen LogP contribution is 2.24. The van der Waals surface area contributed by atoms with Crippen LogP contribution in [0.3, 0.4) is 0 Å². The molecule has 0 aliphatic rings. The van der Waals surface area contributed by atoms with Gasteiger partial charge in [0.05, 0.1) is 15.6 Å². The Hall–Kier alpha value is -2.05. The first-order valence-corrected chi connectivity index (χ1v) is 6.86. The van der Waals surface area contributed by atoms with Gasteiger partial charge in [0.2, 0.25) is 0 Å². The summed E-state index contributed by atoms with van der Waals surface area (Å²) >= 11 is 7.47. The van der Waals surface area contributed by atoms with Crippen molar-refractivity contribution in [2.75, 3.05) is 5.32 Å². The highest BCUT2D eigenvalue weighted by Gasteiger charge is 2.11. The van der Waals surface area contributed by atoms with Crippen LogP contribution in [0.4, 0.5) is 5.69 Å². The average molecular weight is 310 g/mol. The lowest BCUT2D eigenvalue weighted by Gasteiger charge is -2.07. The highest BCUT2D eigenvalue weighted by atomic mass is 35.5. The molecule has 1 amide bonds. The molecule has 0 unspecified atom stereocenters. The molecule has 2 aromatic rings. The summed E-state index contributed by atoms with van der Waals surface area (Å²) in [4.78, 5) is 13.7. The molecule has 0 spiro atoms. The standard InChI is InChI=1S/C13H12ClN3O2S/c1-7-2-5-11(20-7)13(18)16-10-4-3-8(6-9(10)14)12(15)17-19/h2-6,19H,1H3,(H2,15,17)(H,16,18). The van der Waals surface area contributed by atoms with Gasteiger partial charge in [-0.2, -0.15) is 0 Å². The Kier molecular flexibility index (Phi) is 4.26. The van der Waals surface area contributed by atoms with Crippen LogP contribution in [0.1, 0.15) is 20.1 Å². The van der Waals surface area contributed by atoms with E-state index in [4.69, 9.17) is 22.5 Å². The van der Waals surface area contributed by atoms with E-state index in [0.717, 1.165) is 4.88 Å². The second-order valence-electron chi connectivity index (χ2n) is 4.04. The van der Waals surface area contributed by atoms with Crippen LogP contribution in [0.15, 0.2) is 35.5 Å². The minimum atomic E-state index is -0.221. The number of oxime groups is 1. The van der Waals surface area contributed by atoms with Crippen molar-refractivity contribution in [3.63, 3.8) is 0 Å². The number of nitrogens with zero attached hydrogens (tertiary/aromatic N) is 1. The summed E-state index contributed by atoms with van der Waals surface area (Å²) in [6.07, 6.45) is 0. The molecule has 0 radical (unpaired) electrons. The third-order valence-corrected chi connectivity index (χ3v) is 3.90. The first-order chi connectivity index (χ1) is 9.51. The Bertz CT molecular complexity index is 682. The predicted molar refractivity (Wildman–Crippen MR) is 81.0 cm³/mol. The van der Waals surface area contributed by atoms with Gasteiger partial charge in [0, 0.05) is 10.4 Å². The smallest absolute Gasteiger partial charge is 0.265 e. The summed E-state index contributed by atoms with van der Waals surface area (Å²) in [6, 6.07) is 8.37. The lowest BCUT2D eigenvalue weighted by molar-refractivity contribution is 0.103. The second-order valence-corrected chi connectivity index (χ2v) is 5.74. The second kappa shape index (κ2) is 5.94. The van der Waals surface area contributed by atoms with Crippen molar-refractivity contribution >= 4 is 40.4 Å². The van der Waals surface area contributed by atoms with Crippen LogP contribution in [0.2, 0.25) is 5.02 Å². The van der Waals surface area contributed by atoms with Crippen molar-refractivity contribution in [1.29, 1.82) is 0 Å². The number of amides is 1. The summed E-state index contributed by atoms with van der Waals surface area (Å²) in [5, 5.41) is 14.5. The molecule has 0 fully saturated rings. The van der Waals surface area contributed by atoms with Gasteiger partial charge in [0.1, 0.15) is 0 Å². The fraction of sp³-hybridized carbons (Fsp3) is 0.0769. The Morgan fingerprint density at radius 1 is 1.40 bits per heavy atom. The number of benzene rings is 1. The Balaban J connectivity index is 2.20. The number of carbonyl (C=O) groups excluding carboxylic acids is 1. The van der Waals surface area contributed by atoms with Crippen molar-refractivity contribution < 1.29 is 10.0 Å². The van der Waals surface area contributed by atoms with Crippen molar-refractivity contribution in [1.82, 2.24) is 0 Å². The lowest BCUT2D eigenvalue weighted by Crippen LogP contribution is -2.14. The van der Waals surface area contributed by atoms with Gasteiger partial charge in [-0.25, -0.2) is 0 Å². The molecule has 0 aliphatic heterocycles. The molecule has 2 rings (SSSR count). The summed E-state index contributed by atoms with van der Waals surface area (Å²) in [7, 11) is 0. The monoisotopic (exact) mass is 309 g/mol. The van der Waals surface area contributed by atoms with Crippen LogP contribution >= 0.6 is 22.9 Å². The zero-order valence-electron chi connectivity index (χ0n) is 10.6. The maximum absolute atomic E-state index is 12.0. The van der Waals surface area contributed by atoms with Gasteiger partial charge >= 0.3 is 0 Å². The number of anilines is 1. The number of hydrogen-bond donors (Lipinski definition) is 3. The Labute approximate surface area is 124 Å². The molecule has 0 saturated carbocycles. The van der Waals surface area contributed by atoms with Crippen LogP contribution in [0, 0.1) is 6.92 Å². The van der Waals surface area contributed by atoms with Gasteiger partial charge in [-0.15, -0.1) is 11.3 Å². The molecule has 7 heteroatoms. The van der Waals surface area contributed by atoms with Crippen molar-refractivity contribution in [3.05, 3.63) is 50.7 Å². The van der Waals surface area contributed by atoms with Crippen molar-refractivity contribution in [2.45, 2.75) is 6.92 Å². The number of rotatable bonds is 3. The Morgan fingerprint density at radius 2 is 2.15 bits per heavy atom. The normalized spacial score (nSPS) is 11.4. The number of halogens is 1. The van der Waals surface area contributed by atoms with Gasteiger partial charge in [0.25, 0.3) is 5.91 Å². The van der Waals surface area contributed by atoms with E-state index in [2.05, 4.69) is 10.5 Å². The largest absolute Gasteiger partial charge is 0.409 e. The van der Waals surface area contributed by atoms with Crippen LogP contribution < -0.4 is 11.1 Å². The fourth-order valence-corrected chi connectivity index (χ4v) is 2.56. The summed E-state index contributed by atoms with van der Waals surface area (Å²) in [5.74, 6) is -0.264. The quantitative estimate of drug-likeness (QED) is 0.352. The van der Waals surface area contributed by atoms with Gasteiger partial charge in [-0.05, 0) is 37.3 Å². The summed E-state index contributed by atoms with van der Waals surface area (Å²) in [5.41, 5.74) is 6.41. The Morgan fingerprint density at radius 3 is 2.70 bits per heavy atom. The molecule has 104 valence electrons. The number of carbonyl (C=O) groups is 1.